The van der Waals surface area contributed by atoms with Gasteiger partial charge in [-0.05, 0) is 39.0 Å². The van der Waals surface area contributed by atoms with Crippen LogP contribution in [0.3, 0.4) is 0 Å². The van der Waals surface area contributed by atoms with Gasteiger partial charge < -0.3 is 5.32 Å². The van der Waals surface area contributed by atoms with Crippen molar-refractivity contribution >= 4 is 5.82 Å². The van der Waals surface area contributed by atoms with Gasteiger partial charge in [-0.25, -0.2) is 9.97 Å². The van der Waals surface area contributed by atoms with Crippen molar-refractivity contribution in [3.8, 4) is 0 Å². The van der Waals surface area contributed by atoms with Crippen LogP contribution in [0.5, 0.6) is 0 Å². The molecule has 0 saturated heterocycles. The number of nitrogens with one attached hydrogen (secondary N) is 1. The average Bonchev–Trinajstić information content (AvgIpc) is 2.81. The molecule has 1 fully saturated rings. The summed E-state index contributed by atoms with van der Waals surface area (Å²) in [5, 5.41) is 3.51. The lowest BCUT2D eigenvalue weighted by molar-refractivity contribution is 0.895. The Hall–Kier alpha value is -1.12. The first-order chi connectivity index (χ1) is 6.83. The van der Waals surface area contributed by atoms with E-state index in [0.29, 0.717) is 6.04 Å². The maximum Gasteiger partial charge on any atom is 0.133 e. The number of rotatable bonds is 2. The molecule has 0 aromatic carbocycles. The molecule has 14 heavy (non-hydrogen) atoms. The van der Waals surface area contributed by atoms with Gasteiger partial charge in [0, 0.05) is 17.3 Å². The molecule has 2 aliphatic rings. The average molecular weight is 189 g/mol. The van der Waals surface area contributed by atoms with E-state index in [0.717, 1.165) is 24.5 Å². The van der Waals surface area contributed by atoms with E-state index >= 15 is 0 Å². The lowest BCUT2D eigenvalue weighted by atomic mass is 10.2. The van der Waals surface area contributed by atoms with Gasteiger partial charge >= 0.3 is 0 Å². The van der Waals surface area contributed by atoms with Crippen molar-refractivity contribution in [2.45, 2.75) is 45.1 Å². The highest BCUT2D eigenvalue weighted by molar-refractivity contribution is 5.50. The van der Waals surface area contributed by atoms with E-state index < -0.39 is 0 Å². The number of hydrogen-bond acceptors (Lipinski definition) is 3. The van der Waals surface area contributed by atoms with Crippen molar-refractivity contribution in [1.29, 1.82) is 0 Å². The van der Waals surface area contributed by atoms with Crippen LogP contribution in [0.15, 0.2) is 0 Å². The number of fused-ring (bicyclic) bond motifs is 1. The second kappa shape index (κ2) is 2.94. The molecule has 3 heteroatoms. The maximum atomic E-state index is 4.50. The van der Waals surface area contributed by atoms with Gasteiger partial charge in [-0.3, -0.25) is 0 Å². The van der Waals surface area contributed by atoms with Gasteiger partial charge in [0.25, 0.3) is 0 Å². The molecule has 0 bridgehead atoms. The maximum absolute atomic E-state index is 4.50. The van der Waals surface area contributed by atoms with Crippen LogP contribution >= 0.6 is 0 Å². The zero-order chi connectivity index (χ0) is 9.54. The van der Waals surface area contributed by atoms with Crippen molar-refractivity contribution in [3.05, 3.63) is 17.1 Å². The summed E-state index contributed by atoms with van der Waals surface area (Å²) in [4.78, 5) is 8.99. The Labute approximate surface area is 84.0 Å². The highest BCUT2D eigenvalue weighted by atomic mass is 15.1. The smallest absolute Gasteiger partial charge is 0.133 e. The van der Waals surface area contributed by atoms with Crippen molar-refractivity contribution in [1.82, 2.24) is 9.97 Å². The van der Waals surface area contributed by atoms with E-state index in [2.05, 4.69) is 15.3 Å². The molecular formula is C11H15N3. The number of aromatic nitrogens is 2. The molecule has 0 amide bonds. The normalized spacial score (nSPS) is 19.5. The van der Waals surface area contributed by atoms with E-state index in [9.17, 15) is 0 Å². The highest BCUT2D eigenvalue weighted by Gasteiger charge is 2.25. The van der Waals surface area contributed by atoms with E-state index in [4.69, 9.17) is 0 Å². The Kier molecular flexibility index (Phi) is 1.72. The Morgan fingerprint density at radius 2 is 2.07 bits per heavy atom. The van der Waals surface area contributed by atoms with Crippen molar-refractivity contribution in [2.24, 2.45) is 0 Å². The van der Waals surface area contributed by atoms with Crippen LogP contribution in [0.4, 0.5) is 5.82 Å². The molecule has 1 heterocycles. The lowest BCUT2D eigenvalue weighted by Crippen LogP contribution is -2.08. The third kappa shape index (κ3) is 1.37. The van der Waals surface area contributed by atoms with Crippen molar-refractivity contribution in [3.63, 3.8) is 0 Å². The van der Waals surface area contributed by atoms with Gasteiger partial charge in [0.1, 0.15) is 11.6 Å². The molecule has 0 unspecified atom stereocenters. The van der Waals surface area contributed by atoms with Gasteiger partial charge in [-0.1, -0.05) is 0 Å². The number of anilines is 1. The van der Waals surface area contributed by atoms with Gasteiger partial charge in [0.15, 0.2) is 0 Å². The van der Waals surface area contributed by atoms with E-state index in [-0.39, 0.29) is 0 Å². The molecule has 1 N–H and O–H groups in total. The van der Waals surface area contributed by atoms with Gasteiger partial charge in [0.05, 0.1) is 0 Å². The molecular weight excluding hydrogens is 174 g/mol. The van der Waals surface area contributed by atoms with Crippen molar-refractivity contribution < 1.29 is 0 Å². The fraction of sp³-hybridized carbons (Fsp3) is 0.636. The third-order valence-electron chi connectivity index (χ3n) is 2.96. The molecule has 2 aliphatic carbocycles. The molecule has 1 aromatic heterocycles. The quantitative estimate of drug-likeness (QED) is 0.771. The minimum Gasteiger partial charge on any atom is -0.367 e. The second-order valence-corrected chi connectivity index (χ2v) is 4.32. The molecule has 0 radical (unpaired) electrons. The van der Waals surface area contributed by atoms with Crippen LogP contribution < -0.4 is 5.32 Å². The fourth-order valence-corrected chi connectivity index (χ4v) is 2.10. The highest BCUT2D eigenvalue weighted by Crippen LogP contribution is 2.30. The monoisotopic (exact) mass is 189 g/mol. The summed E-state index contributed by atoms with van der Waals surface area (Å²) in [6.45, 7) is 1.98. The summed E-state index contributed by atoms with van der Waals surface area (Å²) in [5.74, 6) is 2.03. The zero-order valence-corrected chi connectivity index (χ0v) is 8.51. The standard InChI is InChI=1S/C11H15N3/c1-7-12-10-4-2-3-9(10)11(13-7)14-8-5-6-8/h8H,2-6H2,1H3,(H,12,13,14). The molecule has 74 valence electrons. The number of aryl methyl sites for hydroxylation is 2. The molecule has 0 atom stereocenters. The van der Waals surface area contributed by atoms with Crippen LogP contribution in [0.2, 0.25) is 0 Å². The fourth-order valence-electron chi connectivity index (χ4n) is 2.10. The van der Waals surface area contributed by atoms with Crippen LogP contribution in [0.1, 0.15) is 36.3 Å². The Bertz CT molecular complexity index is 369. The van der Waals surface area contributed by atoms with Gasteiger partial charge in [-0.2, -0.15) is 0 Å². The molecule has 1 saturated carbocycles. The minimum absolute atomic E-state index is 0.689. The predicted octanol–water partition coefficient (Wildman–Crippen LogP) is 1.85. The molecule has 3 nitrogen and oxygen atoms in total. The third-order valence-corrected chi connectivity index (χ3v) is 2.96. The van der Waals surface area contributed by atoms with Crippen LogP contribution in [-0.2, 0) is 12.8 Å². The van der Waals surface area contributed by atoms with Crippen LogP contribution in [0, 0.1) is 6.92 Å². The van der Waals surface area contributed by atoms with Crippen LogP contribution in [0.25, 0.3) is 0 Å². The van der Waals surface area contributed by atoms with Gasteiger partial charge in [-0.15, -0.1) is 0 Å². The second-order valence-electron chi connectivity index (χ2n) is 4.32. The first-order valence-corrected chi connectivity index (χ1v) is 5.46. The van der Waals surface area contributed by atoms with E-state index in [1.807, 2.05) is 6.92 Å². The topological polar surface area (TPSA) is 37.8 Å². The number of hydrogen-bond donors (Lipinski definition) is 1. The summed E-state index contributed by atoms with van der Waals surface area (Å²) < 4.78 is 0. The predicted molar refractivity (Wildman–Crippen MR) is 55.4 cm³/mol. The van der Waals surface area contributed by atoms with E-state index in [1.165, 1.54) is 30.5 Å². The summed E-state index contributed by atoms with van der Waals surface area (Å²) in [6.07, 6.45) is 6.14. The summed E-state index contributed by atoms with van der Waals surface area (Å²) >= 11 is 0. The Morgan fingerprint density at radius 3 is 2.86 bits per heavy atom. The molecule has 1 aromatic rings. The Balaban J connectivity index is 1.99. The molecule has 3 rings (SSSR count). The minimum atomic E-state index is 0.689. The number of nitrogens with zero attached hydrogens (tertiary/aromatic N) is 2. The zero-order valence-electron chi connectivity index (χ0n) is 8.51. The first-order valence-electron chi connectivity index (χ1n) is 5.46. The van der Waals surface area contributed by atoms with Crippen LogP contribution in [-0.4, -0.2) is 16.0 Å². The lowest BCUT2D eigenvalue weighted by Gasteiger charge is -2.09. The first kappa shape index (κ1) is 8.21. The summed E-state index contributed by atoms with van der Waals surface area (Å²) in [5.41, 5.74) is 2.66. The van der Waals surface area contributed by atoms with E-state index in [1.54, 1.807) is 0 Å². The largest absolute Gasteiger partial charge is 0.367 e. The Morgan fingerprint density at radius 1 is 1.21 bits per heavy atom. The summed E-state index contributed by atoms with van der Waals surface area (Å²) in [6, 6.07) is 0.689. The van der Waals surface area contributed by atoms with Crippen molar-refractivity contribution in [2.75, 3.05) is 5.32 Å². The summed E-state index contributed by atoms with van der Waals surface area (Å²) in [7, 11) is 0. The molecule has 0 aliphatic heterocycles. The van der Waals surface area contributed by atoms with Gasteiger partial charge in [0.2, 0.25) is 0 Å². The SMILES string of the molecule is Cc1nc2c(c(NC3CC3)n1)CCC2. The molecule has 0 spiro atoms.